The SMILES string of the molecule is CCN(CC)CCN(C(=O)c1ccccc1Cl)c1nc2cc(C)c(C)cc2s1. The highest BCUT2D eigenvalue weighted by molar-refractivity contribution is 7.22. The zero-order valence-electron chi connectivity index (χ0n) is 16.8. The van der Waals surface area contributed by atoms with E-state index in [9.17, 15) is 4.79 Å². The number of nitrogens with zero attached hydrogens (tertiary/aromatic N) is 3. The van der Waals surface area contributed by atoms with E-state index < -0.39 is 0 Å². The Bertz CT molecular complexity index is 942. The van der Waals surface area contributed by atoms with Crippen molar-refractivity contribution in [2.45, 2.75) is 27.7 Å². The molecular formula is C22H26ClN3OS. The lowest BCUT2D eigenvalue weighted by atomic mass is 10.1. The number of rotatable bonds is 7. The second-order valence-electron chi connectivity index (χ2n) is 6.86. The Morgan fingerprint density at radius 1 is 1.07 bits per heavy atom. The largest absolute Gasteiger partial charge is 0.302 e. The maximum absolute atomic E-state index is 13.4. The van der Waals surface area contributed by atoms with Gasteiger partial charge in [-0.25, -0.2) is 4.98 Å². The molecule has 1 aromatic heterocycles. The summed E-state index contributed by atoms with van der Waals surface area (Å²) in [5.74, 6) is -0.106. The van der Waals surface area contributed by atoms with E-state index in [2.05, 4.69) is 44.7 Å². The first-order chi connectivity index (χ1) is 13.4. The van der Waals surface area contributed by atoms with Crippen molar-refractivity contribution in [3.05, 3.63) is 58.1 Å². The lowest BCUT2D eigenvalue weighted by Gasteiger charge is -2.25. The molecule has 3 aromatic rings. The Morgan fingerprint density at radius 2 is 1.75 bits per heavy atom. The third-order valence-electron chi connectivity index (χ3n) is 5.11. The molecule has 0 unspecified atom stereocenters. The molecule has 1 amide bonds. The third kappa shape index (κ3) is 4.37. The first-order valence-corrected chi connectivity index (χ1v) is 10.8. The van der Waals surface area contributed by atoms with Gasteiger partial charge < -0.3 is 4.90 Å². The molecule has 3 rings (SSSR count). The summed E-state index contributed by atoms with van der Waals surface area (Å²) < 4.78 is 1.10. The van der Waals surface area contributed by atoms with E-state index in [1.54, 1.807) is 28.4 Å². The van der Waals surface area contributed by atoms with Crippen molar-refractivity contribution >= 4 is 44.2 Å². The number of hydrogen-bond acceptors (Lipinski definition) is 4. The van der Waals surface area contributed by atoms with Gasteiger partial charge in [0.1, 0.15) is 0 Å². The van der Waals surface area contributed by atoms with E-state index in [-0.39, 0.29) is 5.91 Å². The number of hydrogen-bond donors (Lipinski definition) is 0. The van der Waals surface area contributed by atoms with Gasteiger partial charge in [-0.15, -0.1) is 0 Å². The van der Waals surface area contributed by atoms with Crippen LogP contribution in [0.5, 0.6) is 0 Å². The van der Waals surface area contributed by atoms with Gasteiger partial charge in [0.2, 0.25) is 0 Å². The topological polar surface area (TPSA) is 36.4 Å². The maximum atomic E-state index is 13.4. The van der Waals surface area contributed by atoms with Crippen molar-refractivity contribution < 1.29 is 4.79 Å². The predicted molar refractivity (Wildman–Crippen MR) is 120 cm³/mol. The van der Waals surface area contributed by atoms with E-state index in [1.807, 2.05) is 12.1 Å². The van der Waals surface area contributed by atoms with Crippen molar-refractivity contribution in [3.63, 3.8) is 0 Å². The fourth-order valence-electron chi connectivity index (χ4n) is 3.13. The van der Waals surface area contributed by atoms with Gasteiger partial charge in [0.05, 0.1) is 20.8 Å². The molecule has 0 saturated heterocycles. The number of aromatic nitrogens is 1. The van der Waals surface area contributed by atoms with E-state index in [0.717, 1.165) is 35.0 Å². The summed E-state index contributed by atoms with van der Waals surface area (Å²) in [5.41, 5.74) is 3.88. The highest BCUT2D eigenvalue weighted by atomic mass is 35.5. The summed E-state index contributed by atoms with van der Waals surface area (Å²) >= 11 is 7.87. The molecule has 6 heteroatoms. The monoisotopic (exact) mass is 415 g/mol. The number of fused-ring (bicyclic) bond motifs is 1. The first kappa shape index (κ1) is 20.8. The summed E-state index contributed by atoms with van der Waals surface area (Å²) in [6.07, 6.45) is 0. The summed E-state index contributed by atoms with van der Waals surface area (Å²) in [6.45, 7) is 11.7. The number of benzene rings is 2. The molecule has 0 spiro atoms. The van der Waals surface area contributed by atoms with Crippen LogP contribution >= 0.6 is 22.9 Å². The predicted octanol–water partition coefficient (Wildman–Crippen LogP) is 5.56. The number of halogens is 1. The fourth-order valence-corrected chi connectivity index (χ4v) is 4.42. The van der Waals surface area contributed by atoms with Crippen LogP contribution < -0.4 is 4.90 Å². The average molecular weight is 416 g/mol. The molecule has 0 fully saturated rings. The highest BCUT2D eigenvalue weighted by Gasteiger charge is 2.23. The van der Waals surface area contributed by atoms with Crippen LogP contribution in [-0.2, 0) is 0 Å². The summed E-state index contributed by atoms with van der Waals surface area (Å²) in [4.78, 5) is 22.2. The van der Waals surface area contributed by atoms with Crippen molar-refractivity contribution in [2.75, 3.05) is 31.1 Å². The normalized spacial score (nSPS) is 11.4. The van der Waals surface area contributed by atoms with Crippen molar-refractivity contribution in [1.82, 2.24) is 9.88 Å². The minimum absolute atomic E-state index is 0.106. The van der Waals surface area contributed by atoms with Crippen LogP contribution in [0.15, 0.2) is 36.4 Å². The van der Waals surface area contributed by atoms with Crippen LogP contribution in [0.2, 0.25) is 5.02 Å². The molecule has 0 bridgehead atoms. The van der Waals surface area contributed by atoms with Crippen molar-refractivity contribution in [1.29, 1.82) is 0 Å². The molecule has 0 aliphatic carbocycles. The lowest BCUT2D eigenvalue weighted by molar-refractivity contribution is 0.0984. The second-order valence-corrected chi connectivity index (χ2v) is 8.28. The molecule has 0 atom stereocenters. The van der Waals surface area contributed by atoms with Gasteiger partial charge in [0.15, 0.2) is 5.13 Å². The summed E-state index contributed by atoms with van der Waals surface area (Å²) in [5, 5.41) is 1.19. The Morgan fingerprint density at radius 3 is 2.43 bits per heavy atom. The molecule has 2 aromatic carbocycles. The van der Waals surface area contributed by atoms with Gasteiger partial charge in [0, 0.05) is 13.1 Å². The zero-order chi connectivity index (χ0) is 20.3. The van der Waals surface area contributed by atoms with E-state index in [1.165, 1.54) is 11.1 Å². The Labute approximate surface area is 175 Å². The first-order valence-electron chi connectivity index (χ1n) is 9.61. The van der Waals surface area contributed by atoms with Gasteiger partial charge in [-0.3, -0.25) is 9.69 Å². The van der Waals surface area contributed by atoms with Crippen molar-refractivity contribution in [3.8, 4) is 0 Å². The molecule has 28 heavy (non-hydrogen) atoms. The minimum atomic E-state index is -0.106. The molecule has 148 valence electrons. The minimum Gasteiger partial charge on any atom is -0.302 e. The maximum Gasteiger partial charge on any atom is 0.261 e. The number of aryl methyl sites for hydroxylation is 2. The van der Waals surface area contributed by atoms with Crippen LogP contribution in [0.1, 0.15) is 35.3 Å². The van der Waals surface area contributed by atoms with Crippen LogP contribution in [0.25, 0.3) is 10.2 Å². The molecule has 0 saturated carbocycles. The standard InChI is InChI=1S/C22H26ClN3OS/c1-5-25(6-2)11-12-26(21(27)17-9-7-8-10-18(17)23)22-24-19-13-15(3)16(4)14-20(19)28-22/h7-10,13-14H,5-6,11-12H2,1-4H3. The fraction of sp³-hybridized carbons (Fsp3) is 0.364. The molecule has 0 N–H and O–H groups in total. The molecule has 0 radical (unpaired) electrons. The Balaban J connectivity index is 2.00. The van der Waals surface area contributed by atoms with Crippen LogP contribution in [-0.4, -0.2) is 42.0 Å². The molecular weight excluding hydrogens is 390 g/mol. The highest BCUT2D eigenvalue weighted by Crippen LogP contribution is 2.32. The number of amides is 1. The Hall–Kier alpha value is -1.95. The van der Waals surface area contributed by atoms with Gasteiger partial charge in [-0.05, 0) is 62.3 Å². The number of likely N-dealkylation sites (N-methyl/N-ethyl adjacent to an activating group) is 1. The van der Waals surface area contributed by atoms with Gasteiger partial charge in [0.25, 0.3) is 5.91 Å². The number of carbonyl (C=O) groups is 1. The van der Waals surface area contributed by atoms with E-state index in [0.29, 0.717) is 17.1 Å². The van der Waals surface area contributed by atoms with Crippen LogP contribution in [0.3, 0.4) is 0 Å². The molecule has 0 aliphatic heterocycles. The quantitative estimate of drug-likeness (QED) is 0.507. The average Bonchev–Trinajstić information content (AvgIpc) is 3.08. The number of anilines is 1. The van der Waals surface area contributed by atoms with E-state index in [4.69, 9.17) is 16.6 Å². The third-order valence-corrected chi connectivity index (χ3v) is 6.48. The lowest BCUT2D eigenvalue weighted by Crippen LogP contribution is -2.39. The zero-order valence-corrected chi connectivity index (χ0v) is 18.4. The van der Waals surface area contributed by atoms with E-state index >= 15 is 0 Å². The summed E-state index contributed by atoms with van der Waals surface area (Å²) in [6, 6.07) is 11.4. The number of carbonyl (C=O) groups excluding carboxylic acids is 1. The van der Waals surface area contributed by atoms with Gasteiger partial charge >= 0.3 is 0 Å². The molecule has 0 aliphatic rings. The van der Waals surface area contributed by atoms with Crippen LogP contribution in [0.4, 0.5) is 5.13 Å². The Kier molecular flexibility index (Phi) is 6.70. The van der Waals surface area contributed by atoms with Gasteiger partial charge in [-0.2, -0.15) is 0 Å². The molecule has 4 nitrogen and oxygen atoms in total. The van der Waals surface area contributed by atoms with Gasteiger partial charge in [-0.1, -0.05) is 48.9 Å². The summed E-state index contributed by atoms with van der Waals surface area (Å²) in [7, 11) is 0. The molecule has 1 heterocycles. The number of thiazole rings is 1. The van der Waals surface area contributed by atoms with Crippen molar-refractivity contribution in [2.24, 2.45) is 0 Å². The second kappa shape index (κ2) is 9.03. The van der Waals surface area contributed by atoms with Crippen LogP contribution in [0, 0.1) is 13.8 Å². The smallest absolute Gasteiger partial charge is 0.261 e.